The molecule has 2 aromatic rings. The number of thiophene rings is 1. The molecule has 0 spiro atoms. The number of rotatable bonds is 5. The van der Waals surface area contributed by atoms with Gasteiger partial charge in [-0.1, -0.05) is 12.1 Å². The molecule has 3 rings (SSSR count). The number of benzene rings is 1. The van der Waals surface area contributed by atoms with Gasteiger partial charge in [0.05, 0.1) is 18.4 Å². The van der Waals surface area contributed by atoms with Gasteiger partial charge in [-0.15, -0.1) is 11.3 Å². The number of halogens is 1. The Bertz CT molecular complexity index is 953. The van der Waals surface area contributed by atoms with E-state index >= 15 is 0 Å². The van der Waals surface area contributed by atoms with Gasteiger partial charge in [0.1, 0.15) is 10.8 Å². The van der Waals surface area contributed by atoms with Crippen molar-refractivity contribution in [2.24, 2.45) is 5.10 Å². The van der Waals surface area contributed by atoms with E-state index in [1.165, 1.54) is 41.8 Å². The van der Waals surface area contributed by atoms with Crippen LogP contribution in [0.3, 0.4) is 0 Å². The van der Waals surface area contributed by atoms with E-state index in [2.05, 4.69) is 15.8 Å². The molecular weight excluding hydrogens is 397 g/mol. The van der Waals surface area contributed by atoms with E-state index in [-0.39, 0.29) is 12.4 Å². The lowest BCUT2D eigenvalue weighted by atomic mass is 9.95. The molecule has 0 radical (unpaired) electrons. The number of hydrogen-bond donors (Lipinski definition) is 2. The molecule has 1 aliphatic carbocycles. The van der Waals surface area contributed by atoms with Gasteiger partial charge in [0.2, 0.25) is 0 Å². The lowest BCUT2D eigenvalue weighted by Crippen LogP contribution is -2.32. The fraction of sp³-hybridized carbons (Fsp3) is 0.300. The van der Waals surface area contributed by atoms with Crippen LogP contribution in [0.2, 0.25) is 0 Å². The van der Waals surface area contributed by atoms with E-state index in [1.807, 2.05) is 0 Å². The van der Waals surface area contributed by atoms with Crippen LogP contribution in [0.5, 0.6) is 0 Å². The maximum atomic E-state index is 12.9. The number of carbonyl (C=O) groups is 3. The molecule has 1 aromatic carbocycles. The summed E-state index contributed by atoms with van der Waals surface area (Å²) in [4.78, 5) is 37.7. The first-order valence-electron chi connectivity index (χ1n) is 9.21. The quantitative estimate of drug-likeness (QED) is 0.338. The fourth-order valence-corrected chi connectivity index (χ4v) is 4.27. The smallest absolute Gasteiger partial charge is 0.341 e. The number of hydrazone groups is 1. The summed E-state index contributed by atoms with van der Waals surface area (Å²) in [5.74, 6) is -2.81. The van der Waals surface area contributed by atoms with Gasteiger partial charge in [-0.25, -0.2) is 14.6 Å². The Morgan fingerprint density at radius 3 is 2.62 bits per heavy atom. The Balaban J connectivity index is 1.69. The number of fused-ring (bicyclic) bond motifs is 1. The van der Waals surface area contributed by atoms with Gasteiger partial charge in [0.15, 0.2) is 0 Å². The Hall–Kier alpha value is -3.07. The molecule has 9 heteroatoms. The van der Waals surface area contributed by atoms with Gasteiger partial charge in [-0.3, -0.25) is 9.59 Å². The van der Waals surface area contributed by atoms with Gasteiger partial charge in [-0.2, -0.15) is 5.10 Å². The Labute approximate surface area is 171 Å². The average molecular weight is 417 g/mol. The first kappa shape index (κ1) is 20.7. The highest BCUT2D eigenvalue weighted by Gasteiger charge is 2.28. The highest BCUT2D eigenvalue weighted by Crippen LogP contribution is 2.38. The normalized spacial score (nSPS) is 13.0. The van der Waals surface area contributed by atoms with Crippen LogP contribution in [0.1, 0.15) is 46.1 Å². The molecule has 0 atom stereocenters. The van der Waals surface area contributed by atoms with Crippen molar-refractivity contribution in [3.63, 3.8) is 0 Å². The van der Waals surface area contributed by atoms with E-state index < -0.39 is 17.8 Å². The summed E-state index contributed by atoms with van der Waals surface area (Å²) in [6.45, 7) is 1.93. The number of carbonyl (C=O) groups excluding carboxylic acids is 3. The first-order valence-corrected chi connectivity index (χ1v) is 10.0. The summed E-state index contributed by atoms with van der Waals surface area (Å²) in [7, 11) is 0. The van der Waals surface area contributed by atoms with E-state index in [0.717, 1.165) is 36.1 Å². The van der Waals surface area contributed by atoms with Crippen LogP contribution in [-0.2, 0) is 27.2 Å². The predicted octanol–water partition coefficient (Wildman–Crippen LogP) is 3.03. The average Bonchev–Trinajstić information content (AvgIpc) is 3.07. The zero-order valence-corrected chi connectivity index (χ0v) is 16.6. The Kier molecular flexibility index (Phi) is 6.71. The van der Waals surface area contributed by atoms with Gasteiger partial charge in [0.25, 0.3) is 0 Å². The van der Waals surface area contributed by atoms with E-state index in [1.54, 1.807) is 6.92 Å². The van der Waals surface area contributed by atoms with Crippen LogP contribution in [0.15, 0.2) is 29.4 Å². The molecule has 2 amide bonds. The minimum Gasteiger partial charge on any atom is -0.462 e. The molecule has 1 heterocycles. The lowest BCUT2D eigenvalue weighted by Gasteiger charge is -2.12. The van der Waals surface area contributed by atoms with E-state index in [9.17, 15) is 18.8 Å². The number of aryl methyl sites for hydroxylation is 1. The third-order valence-electron chi connectivity index (χ3n) is 4.33. The largest absolute Gasteiger partial charge is 0.462 e. The number of hydrogen-bond acceptors (Lipinski definition) is 6. The van der Waals surface area contributed by atoms with Gasteiger partial charge in [-0.05, 0) is 55.9 Å². The van der Waals surface area contributed by atoms with Crippen LogP contribution in [0.4, 0.5) is 9.39 Å². The lowest BCUT2D eigenvalue weighted by molar-refractivity contribution is -0.136. The SMILES string of the molecule is CCOC(=O)c1c(NC(=O)C(=O)NN=Cc2ccc(F)cc2)sc2c1CCCC2. The third-order valence-corrected chi connectivity index (χ3v) is 5.54. The topological polar surface area (TPSA) is 96.9 Å². The van der Waals surface area contributed by atoms with Gasteiger partial charge >= 0.3 is 17.8 Å². The van der Waals surface area contributed by atoms with Crippen molar-refractivity contribution in [3.05, 3.63) is 51.7 Å². The number of esters is 1. The molecule has 0 saturated carbocycles. The fourth-order valence-electron chi connectivity index (χ4n) is 3.00. The maximum absolute atomic E-state index is 12.9. The summed E-state index contributed by atoms with van der Waals surface area (Å²) >= 11 is 1.30. The summed E-state index contributed by atoms with van der Waals surface area (Å²) in [6, 6.07) is 5.47. The zero-order valence-electron chi connectivity index (χ0n) is 15.8. The standard InChI is InChI=1S/C20H20FN3O4S/c1-2-28-20(27)16-14-5-3-4-6-15(14)29-19(16)23-17(25)18(26)24-22-11-12-7-9-13(21)10-8-12/h7-11H,2-6H2,1H3,(H,23,25)(H,24,26). The minimum absolute atomic E-state index is 0.218. The van der Waals surface area contributed by atoms with Crippen molar-refractivity contribution < 1.29 is 23.5 Å². The van der Waals surface area contributed by atoms with Crippen molar-refractivity contribution in [2.45, 2.75) is 32.6 Å². The van der Waals surface area contributed by atoms with Crippen molar-refractivity contribution in [3.8, 4) is 0 Å². The van der Waals surface area contributed by atoms with Crippen LogP contribution >= 0.6 is 11.3 Å². The van der Waals surface area contributed by atoms with Crippen molar-refractivity contribution in [2.75, 3.05) is 11.9 Å². The number of ether oxygens (including phenoxy) is 1. The first-order chi connectivity index (χ1) is 14.0. The van der Waals surface area contributed by atoms with Crippen molar-refractivity contribution >= 4 is 40.3 Å². The predicted molar refractivity (Wildman–Crippen MR) is 108 cm³/mol. The third kappa shape index (κ3) is 5.05. The number of nitrogens with one attached hydrogen (secondary N) is 2. The van der Waals surface area contributed by atoms with Crippen LogP contribution in [-0.4, -0.2) is 30.6 Å². The molecule has 2 N–H and O–H groups in total. The van der Waals surface area contributed by atoms with Crippen LogP contribution < -0.4 is 10.7 Å². The van der Waals surface area contributed by atoms with Crippen molar-refractivity contribution in [1.82, 2.24) is 5.43 Å². The molecule has 0 fully saturated rings. The molecule has 1 aromatic heterocycles. The van der Waals surface area contributed by atoms with Crippen molar-refractivity contribution in [1.29, 1.82) is 0 Å². The van der Waals surface area contributed by atoms with E-state index in [0.29, 0.717) is 16.1 Å². The molecule has 0 aliphatic heterocycles. The molecule has 0 bridgehead atoms. The molecule has 0 saturated heterocycles. The maximum Gasteiger partial charge on any atom is 0.341 e. The number of amides is 2. The minimum atomic E-state index is -0.982. The summed E-state index contributed by atoms with van der Waals surface area (Å²) < 4.78 is 18.0. The zero-order chi connectivity index (χ0) is 20.8. The van der Waals surface area contributed by atoms with Crippen LogP contribution in [0, 0.1) is 5.82 Å². The second-order valence-corrected chi connectivity index (χ2v) is 7.45. The molecular formula is C20H20FN3O4S. The highest BCUT2D eigenvalue weighted by molar-refractivity contribution is 7.17. The molecule has 29 heavy (non-hydrogen) atoms. The Morgan fingerprint density at radius 2 is 1.90 bits per heavy atom. The second kappa shape index (κ2) is 9.42. The van der Waals surface area contributed by atoms with Gasteiger partial charge in [0, 0.05) is 4.88 Å². The molecule has 7 nitrogen and oxygen atoms in total. The van der Waals surface area contributed by atoms with Crippen LogP contribution in [0.25, 0.3) is 0 Å². The number of nitrogens with zero attached hydrogens (tertiary/aromatic N) is 1. The number of anilines is 1. The highest BCUT2D eigenvalue weighted by atomic mass is 32.1. The summed E-state index contributed by atoms with van der Waals surface area (Å²) in [5.41, 5.74) is 3.90. The summed E-state index contributed by atoms with van der Waals surface area (Å²) in [6.07, 6.45) is 4.84. The monoisotopic (exact) mass is 417 g/mol. The Morgan fingerprint density at radius 1 is 1.17 bits per heavy atom. The van der Waals surface area contributed by atoms with Gasteiger partial charge < -0.3 is 10.1 Å². The molecule has 0 unspecified atom stereocenters. The molecule has 1 aliphatic rings. The molecule has 152 valence electrons. The summed E-state index contributed by atoms with van der Waals surface area (Å²) in [5, 5.41) is 6.51. The second-order valence-electron chi connectivity index (χ2n) is 6.34. The van der Waals surface area contributed by atoms with E-state index in [4.69, 9.17) is 4.74 Å².